The van der Waals surface area contributed by atoms with Crippen molar-refractivity contribution in [1.82, 2.24) is 4.72 Å². The number of hydrogen-bond acceptors (Lipinski definition) is 5. The molecule has 1 N–H and O–H groups in total. The lowest BCUT2D eigenvalue weighted by Gasteiger charge is -2.19. The number of carbonyl (C=O) groups excluding carboxylic acids is 2. The minimum Gasteiger partial charge on any atom is -0.459 e. The molecule has 0 fully saturated rings. The Morgan fingerprint density at radius 2 is 1.82 bits per heavy atom. The Bertz CT molecular complexity index is 796. The summed E-state index contributed by atoms with van der Waals surface area (Å²) >= 11 is 0. The molecule has 1 heterocycles. The van der Waals surface area contributed by atoms with Crippen molar-refractivity contribution in [2.75, 3.05) is 18.2 Å². The van der Waals surface area contributed by atoms with Crippen molar-refractivity contribution in [3.63, 3.8) is 0 Å². The third-order valence-corrected chi connectivity index (χ3v) is 3.38. The molecule has 8 heteroatoms. The van der Waals surface area contributed by atoms with E-state index in [1.165, 1.54) is 36.4 Å². The van der Waals surface area contributed by atoms with Gasteiger partial charge in [0, 0.05) is 7.05 Å². The van der Waals surface area contributed by atoms with Crippen LogP contribution in [0.5, 0.6) is 0 Å². The highest BCUT2D eigenvalue weighted by Gasteiger charge is 2.22. The minimum absolute atomic E-state index is 0.0651. The summed E-state index contributed by atoms with van der Waals surface area (Å²) < 4.78 is 29.3. The lowest BCUT2D eigenvalue weighted by Crippen LogP contribution is -2.33. The molecular formula is C14H14N2O5S. The number of furan rings is 1. The van der Waals surface area contributed by atoms with Crippen LogP contribution >= 0.6 is 0 Å². The molecule has 116 valence electrons. The van der Waals surface area contributed by atoms with E-state index in [4.69, 9.17) is 4.42 Å². The first-order valence-electron chi connectivity index (χ1n) is 6.22. The summed E-state index contributed by atoms with van der Waals surface area (Å²) in [5.74, 6) is -1.15. The van der Waals surface area contributed by atoms with Gasteiger partial charge in [0.25, 0.3) is 11.8 Å². The smallest absolute Gasteiger partial charge is 0.293 e. The maximum atomic E-state index is 12.2. The van der Waals surface area contributed by atoms with Gasteiger partial charge in [-0.2, -0.15) is 0 Å². The van der Waals surface area contributed by atoms with Gasteiger partial charge in [0.15, 0.2) is 5.76 Å². The van der Waals surface area contributed by atoms with Crippen molar-refractivity contribution in [2.24, 2.45) is 0 Å². The zero-order chi connectivity index (χ0) is 16.3. The molecule has 0 atom stereocenters. The molecule has 0 saturated heterocycles. The Balaban J connectivity index is 2.36. The standard InChI is InChI=1S/C14H14N2O5S/c1-16(14(18)12-8-5-9-21-12)11-7-4-3-6-10(11)13(17)15-22(2,19)20/h3-9H,1-2H3,(H,15,17). The molecule has 0 bridgehead atoms. The van der Waals surface area contributed by atoms with Gasteiger partial charge in [0.2, 0.25) is 10.0 Å². The van der Waals surface area contributed by atoms with E-state index in [1.54, 1.807) is 18.2 Å². The maximum Gasteiger partial charge on any atom is 0.293 e. The maximum absolute atomic E-state index is 12.2. The van der Waals surface area contributed by atoms with Crippen molar-refractivity contribution in [2.45, 2.75) is 0 Å². The fourth-order valence-electron chi connectivity index (χ4n) is 1.86. The van der Waals surface area contributed by atoms with E-state index in [0.29, 0.717) is 0 Å². The molecule has 0 aliphatic heterocycles. The van der Waals surface area contributed by atoms with Crippen molar-refractivity contribution in [1.29, 1.82) is 0 Å². The number of carbonyl (C=O) groups is 2. The van der Waals surface area contributed by atoms with Crippen molar-refractivity contribution >= 4 is 27.5 Å². The van der Waals surface area contributed by atoms with E-state index in [2.05, 4.69) is 0 Å². The Hall–Kier alpha value is -2.61. The second kappa shape index (κ2) is 6.02. The summed E-state index contributed by atoms with van der Waals surface area (Å²) in [4.78, 5) is 25.5. The molecule has 0 radical (unpaired) electrons. The summed E-state index contributed by atoms with van der Waals surface area (Å²) in [6.07, 6.45) is 2.24. The Morgan fingerprint density at radius 3 is 2.41 bits per heavy atom. The molecule has 7 nitrogen and oxygen atoms in total. The van der Waals surface area contributed by atoms with E-state index < -0.39 is 21.8 Å². The molecule has 1 aromatic carbocycles. The summed E-state index contributed by atoms with van der Waals surface area (Å²) in [6.45, 7) is 0. The topological polar surface area (TPSA) is 96.7 Å². The fraction of sp³-hybridized carbons (Fsp3) is 0.143. The van der Waals surface area contributed by atoms with Crippen LogP contribution in [-0.4, -0.2) is 33.5 Å². The van der Waals surface area contributed by atoms with Gasteiger partial charge in [0.1, 0.15) is 0 Å². The largest absolute Gasteiger partial charge is 0.459 e. The number of anilines is 1. The summed E-state index contributed by atoms with van der Waals surface area (Å²) in [6, 6.07) is 9.26. The van der Waals surface area contributed by atoms with Gasteiger partial charge < -0.3 is 9.32 Å². The average Bonchev–Trinajstić information content (AvgIpc) is 2.98. The number of para-hydroxylation sites is 1. The van der Waals surface area contributed by atoms with Crippen molar-refractivity contribution in [3.05, 3.63) is 54.0 Å². The quantitative estimate of drug-likeness (QED) is 0.913. The molecule has 2 rings (SSSR count). The number of rotatable bonds is 4. The van der Waals surface area contributed by atoms with Crippen molar-refractivity contribution < 1.29 is 22.4 Å². The third kappa shape index (κ3) is 3.53. The number of sulfonamides is 1. The van der Waals surface area contributed by atoms with Gasteiger partial charge in [-0.25, -0.2) is 13.1 Å². The number of benzene rings is 1. The first kappa shape index (κ1) is 15.8. The van der Waals surface area contributed by atoms with Crippen LogP contribution in [0.3, 0.4) is 0 Å². The lowest BCUT2D eigenvalue weighted by molar-refractivity contribution is 0.0966. The highest BCUT2D eigenvalue weighted by atomic mass is 32.2. The van der Waals surface area contributed by atoms with Gasteiger partial charge in [-0.05, 0) is 24.3 Å². The normalized spacial score (nSPS) is 11.0. The zero-order valence-electron chi connectivity index (χ0n) is 11.9. The fourth-order valence-corrected chi connectivity index (χ4v) is 2.30. The Kier molecular flexibility index (Phi) is 4.32. The van der Waals surface area contributed by atoms with E-state index >= 15 is 0 Å². The Morgan fingerprint density at radius 1 is 1.14 bits per heavy atom. The molecule has 2 aromatic rings. The van der Waals surface area contributed by atoms with Gasteiger partial charge in [-0.15, -0.1) is 0 Å². The van der Waals surface area contributed by atoms with E-state index in [9.17, 15) is 18.0 Å². The summed E-state index contributed by atoms with van der Waals surface area (Å²) in [7, 11) is -2.23. The predicted molar refractivity (Wildman–Crippen MR) is 80.2 cm³/mol. The predicted octanol–water partition coefficient (Wildman–Crippen LogP) is 1.25. The SMILES string of the molecule is CN(C(=O)c1ccco1)c1ccccc1C(=O)NS(C)(=O)=O. The van der Waals surface area contributed by atoms with Crippen LogP contribution in [0.4, 0.5) is 5.69 Å². The summed E-state index contributed by atoms with van der Waals surface area (Å²) in [5, 5.41) is 0. The van der Waals surface area contributed by atoms with Gasteiger partial charge in [0.05, 0.1) is 23.8 Å². The zero-order valence-corrected chi connectivity index (χ0v) is 12.8. The molecule has 22 heavy (non-hydrogen) atoms. The molecule has 0 spiro atoms. The van der Waals surface area contributed by atoms with Gasteiger partial charge in [-0.3, -0.25) is 9.59 Å². The number of amides is 2. The third-order valence-electron chi connectivity index (χ3n) is 2.82. The highest BCUT2D eigenvalue weighted by Crippen LogP contribution is 2.21. The first-order chi connectivity index (χ1) is 10.3. The van der Waals surface area contributed by atoms with Crippen LogP contribution in [0.2, 0.25) is 0 Å². The Labute approximate surface area is 127 Å². The second-order valence-corrected chi connectivity index (χ2v) is 6.31. The van der Waals surface area contributed by atoms with Crippen LogP contribution in [0.15, 0.2) is 47.1 Å². The molecule has 0 aliphatic carbocycles. The first-order valence-corrected chi connectivity index (χ1v) is 8.11. The average molecular weight is 322 g/mol. The molecule has 0 saturated carbocycles. The molecule has 0 unspecified atom stereocenters. The van der Waals surface area contributed by atoms with Crippen LogP contribution in [0.25, 0.3) is 0 Å². The van der Waals surface area contributed by atoms with Crippen LogP contribution in [0, 0.1) is 0 Å². The number of nitrogens with zero attached hydrogens (tertiary/aromatic N) is 1. The highest BCUT2D eigenvalue weighted by molar-refractivity contribution is 7.89. The van der Waals surface area contributed by atoms with Gasteiger partial charge in [-0.1, -0.05) is 12.1 Å². The molecule has 1 aromatic heterocycles. The second-order valence-electron chi connectivity index (χ2n) is 4.56. The van der Waals surface area contributed by atoms with Crippen molar-refractivity contribution in [3.8, 4) is 0 Å². The monoisotopic (exact) mass is 322 g/mol. The van der Waals surface area contributed by atoms with Gasteiger partial charge >= 0.3 is 0 Å². The number of hydrogen-bond donors (Lipinski definition) is 1. The number of nitrogens with one attached hydrogen (secondary N) is 1. The van der Waals surface area contributed by atoms with E-state index in [-0.39, 0.29) is 17.0 Å². The van der Waals surface area contributed by atoms with Crippen LogP contribution in [0.1, 0.15) is 20.9 Å². The van der Waals surface area contributed by atoms with E-state index in [0.717, 1.165) is 6.26 Å². The van der Waals surface area contributed by atoms with Crippen LogP contribution in [-0.2, 0) is 10.0 Å². The van der Waals surface area contributed by atoms with Crippen LogP contribution < -0.4 is 9.62 Å². The molecule has 2 amide bonds. The molecule has 0 aliphatic rings. The van der Waals surface area contributed by atoms with E-state index in [1.807, 2.05) is 4.72 Å². The minimum atomic E-state index is -3.70. The molecular weight excluding hydrogens is 308 g/mol. The lowest BCUT2D eigenvalue weighted by atomic mass is 10.1. The summed E-state index contributed by atoms with van der Waals surface area (Å²) in [5.41, 5.74) is 0.334.